The van der Waals surface area contributed by atoms with Gasteiger partial charge in [-0.25, -0.2) is 4.39 Å². The summed E-state index contributed by atoms with van der Waals surface area (Å²) in [4.78, 5) is 24.8. The molecule has 0 aliphatic heterocycles. The average molecular weight is 409 g/mol. The van der Waals surface area contributed by atoms with Crippen molar-refractivity contribution in [2.75, 3.05) is 30.8 Å². The zero-order valence-electron chi connectivity index (χ0n) is 14.0. The highest BCUT2D eigenvalue weighted by Crippen LogP contribution is 2.23. The molecule has 2 aromatic rings. The van der Waals surface area contributed by atoms with Crippen LogP contribution >= 0.6 is 15.9 Å². The maximum absolute atomic E-state index is 13.1. The van der Waals surface area contributed by atoms with Crippen LogP contribution in [0.5, 0.6) is 0 Å². The lowest BCUT2D eigenvalue weighted by molar-refractivity contribution is -0.862. The third-order valence-corrected chi connectivity index (χ3v) is 4.09. The lowest BCUT2D eigenvalue weighted by atomic mass is 10.2. The van der Waals surface area contributed by atoms with Crippen molar-refractivity contribution >= 4 is 39.1 Å². The fourth-order valence-electron chi connectivity index (χ4n) is 2.30. The molecule has 3 N–H and O–H groups in total. The van der Waals surface area contributed by atoms with Crippen LogP contribution in [0.25, 0.3) is 0 Å². The number of rotatable bonds is 6. The van der Waals surface area contributed by atoms with Crippen molar-refractivity contribution in [2.24, 2.45) is 0 Å². The first kappa shape index (κ1) is 19.1. The van der Waals surface area contributed by atoms with Crippen LogP contribution in [0, 0.1) is 12.7 Å². The van der Waals surface area contributed by atoms with Crippen molar-refractivity contribution in [3.63, 3.8) is 0 Å². The van der Waals surface area contributed by atoms with Crippen LogP contribution in [0.4, 0.5) is 15.8 Å². The smallest absolute Gasteiger partial charge is 0.279 e. The molecule has 2 aromatic carbocycles. The molecule has 1 atom stereocenters. The predicted octanol–water partition coefficient (Wildman–Crippen LogP) is 1.99. The molecule has 2 amide bonds. The number of quaternary nitrogens is 1. The second-order valence-electron chi connectivity index (χ2n) is 5.90. The standard InChI is InChI=1S/C18H19BrFN3O2/c1-12-6-7-16(15(19)8-12)22-18(25)11-23(2)10-17(24)21-14-5-3-4-13(20)9-14/h3-9H,10-11H2,1-2H3,(H,21,24)(H,22,25)/p+1. The highest BCUT2D eigenvalue weighted by Gasteiger charge is 2.15. The first-order valence-electron chi connectivity index (χ1n) is 7.76. The van der Waals surface area contributed by atoms with Gasteiger partial charge in [-0.1, -0.05) is 12.1 Å². The Hall–Kier alpha value is -2.25. The van der Waals surface area contributed by atoms with Gasteiger partial charge in [-0.05, 0) is 58.7 Å². The fraction of sp³-hybridized carbons (Fsp3) is 0.222. The van der Waals surface area contributed by atoms with E-state index in [1.54, 1.807) is 13.1 Å². The number of hydrogen-bond acceptors (Lipinski definition) is 2. The van der Waals surface area contributed by atoms with Gasteiger partial charge >= 0.3 is 0 Å². The van der Waals surface area contributed by atoms with E-state index in [2.05, 4.69) is 26.6 Å². The summed E-state index contributed by atoms with van der Waals surface area (Å²) in [5.74, 6) is -0.894. The molecule has 0 aromatic heterocycles. The Morgan fingerprint density at radius 3 is 2.40 bits per heavy atom. The summed E-state index contributed by atoms with van der Waals surface area (Å²) in [7, 11) is 1.74. The van der Waals surface area contributed by atoms with Gasteiger partial charge in [-0.2, -0.15) is 0 Å². The summed E-state index contributed by atoms with van der Waals surface area (Å²) in [6.45, 7) is 2.20. The maximum atomic E-state index is 13.1. The van der Waals surface area contributed by atoms with E-state index in [4.69, 9.17) is 0 Å². The van der Waals surface area contributed by atoms with Crippen LogP contribution in [-0.2, 0) is 9.59 Å². The zero-order chi connectivity index (χ0) is 18.4. The van der Waals surface area contributed by atoms with E-state index in [9.17, 15) is 14.0 Å². The van der Waals surface area contributed by atoms with Gasteiger partial charge in [0.25, 0.3) is 11.8 Å². The minimum Gasteiger partial charge on any atom is -0.322 e. The average Bonchev–Trinajstić information content (AvgIpc) is 2.49. The number of halogens is 2. The first-order chi connectivity index (χ1) is 11.8. The number of amides is 2. The molecular weight excluding hydrogens is 389 g/mol. The van der Waals surface area contributed by atoms with E-state index in [-0.39, 0.29) is 24.9 Å². The van der Waals surface area contributed by atoms with Gasteiger partial charge in [-0.15, -0.1) is 0 Å². The lowest BCUT2D eigenvalue weighted by Gasteiger charge is -2.14. The lowest BCUT2D eigenvalue weighted by Crippen LogP contribution is -3.11. The largest absolute Gasteiger partial charge is 0.322 e. The molecule has 0 heterocycles. The van der Waals surface area contributed by atoms with Crippen LogP contribution in [0.15, 0.2) is 46.9 Å². The second kappa shape index (κ2) is 8.73. The normalized spacial score (nSPS) is 11.7. The third kappa shape index (κ3) is 6.28. The molecule has 0 saturated carbocycles. The molecule has 25 heavy (non-hydrogen) atoms. The molecule has 7 heteroatoms. The molecule has 0 aliphatic rings. The Balaban J connectivity index is 1.83. The van der Waals surface area contributed by atoms with Crippen molar-refractivity contribution in [2.45, 2.75) is 6.92 Å². The monoisotopic (exact) mass is 408 g/mol. The first-order valence-corrected chi connectivity index (χ1v) is 8.55. The number of hydrogen-bond donors (Lipinski definition) is 3. The Morgan fingerprint density at radius 1 is 1.08 bits per heavy atom. The minimum atomic E-state index is -0.415. The quantitative estimate of drug-likeness (QED) is 0.684. The number of likely N-dealkylation sites (N-methyl/N-ethyl adjacent to an activating group) is 1. The molecule has 0 radical (unpaired) electrons. The maximum Gasteiger partial charge on any atom is 0.279 e. The summed E-state index contributed by atoms with van der Waals surface area (Å²) in [6, 6.07) is 11.3. The SMILES string of the molecule is Cc1ccc(NC(=O)C[NH+](C)CC(=O)Nc2cccc(F)c2)c(Br)c1. The van der Waals surface area contributed by atoms with E-state index in [0.717, 1.165) is 14.9 Å². The molecule has 0 aliphatic carbocycles. The molecular formula is C18H20BrFN3O2+. The topological polar surface area (TPSA) is 62.6 Å². The van der Waals surface area contributed by atoms with Gasteiger partial charge in [-0.3, -0.25) is 9.59 Å². The van der Waals surface area contributed by atoms with Gasteiger partial charge in [0.2, 0.25) is 0 Å². The van der Waals surface area contributed by atoms with Crippen LogP contribution in [0.1, 0.15) is 5.56 Å². The highest BCUT2D eigenvalue weighted by molar-refractivity contribution is 9.10. The number of anilines is 2. The van der Waals surface area contributed by atoms with Crippen LogP contribution in [-0.4, -0.2) is 32.0 Å². The number of benzene rings is 2. The summed E-state index contributed by atoms with van der Waals surface area (Å²) in [5, 5.41) is 5.42. The number of carbonyl (C=O) groups is 2. The summed E-state index contributed by atoms with van der Waals surface area (Å²) >= 11 is 3.41. The predicted molar refractivity (Wildman–Crippen MR) is 99.2 cm³/mol. The third-order valence-electron chi connectivity index (χ3n) is 3.43. The van der Waals surface area contributed by atoms with Crippen molar-refractivity contribution in [1.82, 2.24) is 0 Å². The molecule has 0 saturated heterocycles. The van der Waals surface area contributed by atoms with Crippen LogP contribution in [0.3, 0.4) is 0 Å². The van der Waals surface area contributed by atoms with E-state index in [0.29, 0.717) is 11.4 Å². The molecule has 0 spiro atoms. The van der Waals surface area contributed by atoms with Crippen molar-refractivity contribution in [3.05, 3.63) is 58.3 Å². The molecule has 0 fully saturated rings. The van der Waals surface area contributed by atoms with Gasteiger partial charge in [0.05, 0.1) is 12.7 Å². The van der Waals surface area contributed by atoms with Crippen molar-refractivity contribution in [1.29, 1.82) is 0 Å². The van der Waals surface area contributed by atoms with E-state index in [1.165, 1.54) is 18.2 Å². The zero-order valence-corrected chi connectivity index (χ0v) is 15.6. The second-order valence-corrected chi connectivity index (χ2v) is 6.75. The van der Waals surface area contributed by atoms with Crippen molar-refractivity contribution in [3.8, 4) is 0 Å². The van der Waals surface area contributed by atoms with E-state index >= 15 is 0 Å². The highest BCUT2D eigenvalue weighted by atomic mass is 79.9. The summed E-state index contributed by atoms with van der Waals surface area (Å²) in [6.07, 6.45) is 0. The molecule has 5 nitrogen and oxygen atoms in total. The fourth-order valence-corrected chi connectivity index (χ4v) is 2.89. The van der Waals surface area contributed by atoms with Gasteiger partial charge in [0.1, 0.15) is 5.82 Å². The van der Waals surface area contributed by atoms with Crippen LogP contribution in [0.2, 0.25) is 0 Å². The number of aryl methyl sites for hydroxylation is 1. The van der Waals surface area contributed by atoms with Crippen LogP contribution < -0.4 is 15.5 Å². The van der Waals surface area contributed by atoms with E-state index in [1.807, 2.05) is 25.1 Å². The van der Waals surface area contributed by atoms with Gasteiger partial charge in [0.15, 0.2) is 13.1 Å². The molecule has 0 bridgehead atoms. The summed E-state index contributed by atoms with van der Waals surface area (Å²) in [5.41, 5.74) is 2.17. The minimum absolute atomic E-state index is 0.0962. The van der Waals surface area contributed by atoms with Gasteiger partial charge in [0, 0.05) is 10.2 Å². The summed E-state index contributed by atoms with van der Waals surface area (Å²) < 4.78 is 13.9. The Bertz CT molecular complexity index is 783. The molecule has 132 valence electrons. The van der Waals surface area contributed by atoms with Gasteiger partial charge < -0.3 is 15.5 Å². The Kier molecular flexibility index (Phi) is 6.66. The number of carbonyl (C=O) groups excluding carboxylic acids is 2. The Labute approximate surface area is 154 Å². The molecule has 1 unspecified atom stereocenters. The Morgan fingerprint density at radius 2 is 1.76 bits per heavy atom. The number of nitrogens with one attached hydrogen (secondary N) is 3. The van der Waals surface area contributed by atoms with E-state index < -0.39 is 5.82 Å². The molecule has 2 rings (SSSR count). The van der Waals surface area contributed by atoms with Crippen molar-refractivity contribution < 1.29 is 18.9 Å².